The molecular weight excluding hydrogens is 336 g/mol. The van der Waals surface area contributed by atoms with E-state index in [0.29, 0.717) is 31.0 Å². The molecule has 1 aromatic carbocycles. The van der Waals surface area contributed by atoms with E-state index in [-0.39, 0.29) is 30.8 Å². The number of amides is 1. The number of ether oxygens (including phenoxy) is 1. The van der Waals surface area contributed by atoms with Gasteiger partial charge >= 0.3 is 5.63 Å². The highest BCUT2D eigenvalue weighted by molar-refractivity contribution is 5.85. The summed E-state index contributed by atoms with van der Waals surface area (Å²) in [5, 5.41) is 16.2. The van der Waals surface area contributed by atoms with Gasteiger partial charge in [-0.2, -0.15) is 0 Å². The van der Waals surface area contributed by atoms with Crippen LogP contribution in [0.25, 0.3) is 11.0 Å². The Balaban J connectivity index is 0.00000208. The molecule has 1 aliphatic heterocycles. The van der Waals surface area contributed by atoms with Crippen molar-refractivity contribution in [1.82, 2.24) is 10.6 Å². The molecule has 1 aromatic heterocycles. The third-order valence-electron chi connectivity index (χ3n) is 3.83. The maximum Gasteiger partial charge on any atom is 0.336 e. The summed E-state index contributed by atoms with van der Waals surface area (Å²) in [6, 6.07) is 8.06. The molecule has 130 valence electrons. The zero-order valence-electron chi connectivity index (χ0n) is 12.9. The molecule has 24 heavy (non-hydrogen) atoms. The molecule has 3 N–H and O–H groups in total. The average molecular weight is 355 g/mol. The van der Waals surface area contributed by atoms with E-state index in [2.05, 4.69) is 10.6 Å². The molecule has 1 amide bonds. The minimum absolute atomic E-state index is 0. The average Bonchev–Trinajstić information content (AvgIpc) is 2.95. The minimum Gasteiger partial charge on any atom is -0.484 e. The van der Waals surface area contributed by atoms with Crippen molar-refractivity contribution >= 4 is 29.3 Å². The summed E-state index contributed by atoms with van der Waals surface area (Å²) in [7, 11) is 0. The monoisotopic (exact) mass is 354 g/mol. The second kappa shape index (κ2) is 8.14. The van der Waals surface area contributed by atoms with Crippen molar-refractivity contribution in [2.45, 2.75) is 6.10 Å². The van der Waals surface area contributed by atoms with E-state index in [1.807, 2.05) is 0 Å². The summed E-state index contributed by atoms with van der Waals surface area (Å²) in [6.07, 6.45) is -0.431. The fourth-order valence-corrected chi connectivity index (χ4v) is 2.50. The number of hydrogen-bond acceptors (Lipinski definition) is 6. The Hall–Kier alpha value is -2.09. The maximum absolute atomic E-state index is 11.8. The zero-order valence-corrected chi connectivity index (χ0v) is 13.7. The van der Waals surface area contributed by atoms with Gasteiger partial charge in [0.05, 0.1) is 6.10 Å². The van der Waals surface area contributed by atoms with Crippen LogP contribution < -0.4 is 21.0 Å². The quantitative estimate of drug-likeness (QED) is 0.667. The van der Waals surface area contributed by atoms with Gasteiger partial charge in [0, 0.05) is 43.1 Å². The number of hydrogen-bond donors (Lipinski definition) is 3. The van der Waals surface area contributed by atoms with E-state index in [4.69, 9.17) is 9.15 Å². The van der Waals surface area contributed by atoms with Crippen molar-refractivity contribution in [1.29, 1.82) is 0 Å². The van der Waals surface area contributed by atoms with Crippen LogP contribution in [0.1, 0.15) is 0 Å². The molecule has 1 saturated heterocycles. The molecular formula is C16H19ClN2O5. The number of nitrogens with one attached hydrogen (secondary N) is 2. The predicted molar refractivity (Wildman–Crippen MR) is 90.6 cm³/mol. The van der Waals surface area contributed by atoms with Gasteiger partial charge in [0.25, 0.3) is 5.91 Å². The summed E-state index contributed by atoms with van der Waals surface area (Å²) in [4.78, 5) is 23.0. The molecule has 1 fully saturated rings. The SMILES string of the molecule is Cl.O=C(COc1ccc2ccc(=O)oc2c1)NCC1CNCC1O. The first kappa shape index (κ1) is 18.3. The van der Waals surface area contributed by atoms with Crippen LogP contribution in [0.3, 0.4) is 0 Å². The Bertz CT molecular complexity index is 763. The second-order valence-electron chi connectivity index (χ2n) is 5.53. The lowest BCUT2D eigenvalue weighted by molar-refractivity contribution is -0.123. The van der Waals surface area contributed by atoms with Gasteiger partial charge in [-0.05, 0) is 18.2 Å². The van der Waals surface area contributed by atoms with Crippen molar-refractivity contribution in [2.75, 3.05) is 26.2 Å². The number of β-amino-alcohol motifs (C(OH)–C–C–N with tert-alkyl or cyclic N) is 1. The molecule has 7 nitrogen and oxygen atoms in total. The largest absolute Gasteiger partial charge is 0.484 e. The number of aliphatic hydroxyl groups is 1. The summed E-state index contributed by atoms with van der Waals surface area (Å²) in [5.74, 6) is 0.206. The van der Waals surface area contributed by atoms with Gasteiger partial charge in [0.15, 0.2) is 6.61 Å². The second-order valence-corrected chi connectivity index (χ2v) is 5.53. The van der Waals surface area contributed by atoms with Crippen molar-refractivity contribution in [3.05, 3.63) is 40.8 Å². The Morgan fingerprint density at radius 3 is 2.88 bits per heavy atom. The van der Waals surface area contributed by atoms with Crippen LogP contribution in [0.2, 0.25) is 0 Å². The van der Waals surface area contributed by atoms with E-state index in [1.165, 1.54) is 6.07 Å². The van der Waals surface area contributed by atoms with Crippen LogP contribution in [-0.4, -0.2) is 43.4 Å². The number of aliphatic hydroxyl groups excluding tert-OH is 1. The van der Waals surface area contributed by atoms with E-state index in [0.717, 1.165) is 5.39 Å². The lowest BCUT2D eigenvalue weighted by Gasteiger charge is -2.14. The molecule has 2 unspecified atom stereocenters. The molecule has 0 aliphatic carbocycles. The fourth-order valence-electron chi connectivity index (χ4n) is 2.50. The van der Waals surface area contributed by atoms with Gasteiger partial charge in [0.2, 0.25) is 0 Å². The van der Waals surface area contributed by atoms with Crippen molar-refractivity contribution in [3.8, 4) is 5.75 Å². The minimum atomic E-state index is -0.434. The van der Waals surface area contributed by atoms with Crippen molar-refractivity contribution in [2.24, 2.45) is 5.92 Å². The standard InChI is InChI=1S/C16H18N2O5.ClH/c19-13-8-17-6-11(13)7-18-15(20)9-22-12-3-1-10-2-4-16(21)23-14(10)5-12;/h1-5,11,13,17,19H,6-9H2,(H,18,20);1H. The van der Waals surface area contributed by atoms with E-state index in [1.54, 1.807) is 24.3 Å². The molecule has 2 aromatic rings. The number of benzene rings is 1. The number of carbonyl (C=O) groups is 1. The van der Waals surface area contributed by atoms with Crippen LogP contribution in [0, 0.1) is 5.92 Å². The first-order valence-electron chi connectivity index (χ1n) is 7.44. The summed E-state index contributed by atoms with van der Waals surface area (Å²) in [6.45, 7) is 1.51. The summed E-state index contributed by atoms with van der Waals surface area (Å²) >= 11 is 0. The Morgan fingerprint density at radius 2 is 2.12 bits per heavy atom. The van der Waals surface area contributed by atoms with Gasteiger partial charge in [-0.15, -0.1) is 12.4 Å². The first-order valence-corrected chi connectivity index (χ1v) is 7.44. The Labute approximate surface area is 144 Å². The van der Waals surface area contributed by atoms with E-state index < -0.39 is 11.7 Å². The normalized spacial score (nSPS) is 19.7. The molecule has 0 spiro atoms. The van der Waals surface area contributed by atoms with Gasteiger partial charge in [0.1, 0.15) is 11.3 Å². The van der Waals surface area contributed by atoms with Gasteiger partial charge in [-0.25, -0.2) is 4.79 Å². The molecule has 0 radical (unpaired) electrons. The highest BCUT2D eigenvalue weighted by Gasteiger charge is 2.24. The molecule has 0 bridgehead atoms. The smallest absolute Gasteiger partial charge is 0.336 e. The van der Waals surface area contributed by atoms with Crippen LogP contribution in [-0.2, 0) is 4.79 Å². The molecule has 8 heteroatoms. The Kier molecular flexibility index (Phi) is 6.19. The number of rotatable bonds is 5. The van der Waals surface area contributed by atoms with Gasteiger partial charge < -0.3 is 24.9 Å². The maximum atomic E-state index is 11.8. The zero-order chi connectivity index (χ0) is 16.2. The van der Waals surface area contributed by atoms with Crippen molar-refractivity contribution < 1.29 is 19.1 Å². The van der Waals surface area contributed by atoms with E-state index >= 15 is 0 Å². The summed E-state index contributed by atoms with van der Waals surface area (Å²) < 4.78 is 10.5. The molecule has 0 saturated carbocycles. The highest BCUT2D eigenvalue weighted by atomic mass is 35.5. The van der Waals surface area contributed by atoms with E-state index in [9.17, 15) is 14.7 Å². The predicted octanol–water partition coefficient (Wildman–Crippen LogP) is 0.290. The van der Waals surface area contributed by atoms with Gasteiger partial charge in [-0.3, -0.25) is 4.79 Å². The highest BCUT2D eigenvalue weighted by Crippen LogP contribution is 2.19. The number of carbonyl (C=O) groups excluding carboxylic acids is 1. The van der Waals surface area contributed by atoms with Crippen LogP contribution in [0.5, 0.6) is 5.75 Å². The summed E-state index contributed by atoms with van der Waals surface area (Å²) in [5.41, 5.74) is -0.0216. The van der Waals surface area contributed by atoms with Crippen LogP contribution in [0.4, 0.5) is 0 Å². The fraction of sp³-hybridized carbons (Fsp3) is 0.375. The number of fused-ring (bicyclic) bond motifs is 1. The first-order chi connectivity index (χ1) is 11.1. The third kappa shape index (κ3) is 4.47. The molecule has 2 heterocycles. The topological polar surface area (TPSA) is 101 Å². The lowest BCUT2D eigenvalue weighted by Crippen LogP contribution is -2.36. The third-order valence-corrected chi connectivity index (χ3v) is 3.83. The van der Waals surface area contributed by atoms with Crippen LogP contribution >= 0.6 is 12.4 Å². The number of halogens is 1. The van der Waals surface area contributed by atoms with Crippen LogP contribution in [0.15, 0.2) is 39.5 Å². The lowest BCUT2D eigenvalue weighted by atomic mass is 10.1. The van der Waals surface area contributed by atoms with Gasteiger partial charge in [-0.1, -0.05) is 0 Å². The molecule has 1 aliphatic rings. The van der Waals surface area contributed by atoms with Crippen molar-refractivity contribution in [3.63, 3.8) is 0 Å². The molecule has 3 rings (SSSR count). The Morgan fingerprint density at radius 1 is 1.33 bits per heavy atom. The molecule has 2 atom stereocenters.